The molecule has 2 N–H and O–H groups in total. The minimum Gasteiger partial charge on any atom is -0.461 e. The molecule has 36 heavy (non-hydrogen) atoms. The van der Waals surface area contributed by atoms with Gasteiger partial charge < -0.3 is 20.3 Å². The third-order valence-corrected chi connectivity index (χ3v) is 11.1. The Bertz CT molecular complexity index is 1260. The van der Waals surface area contributed by atoms with Gasteiger partial charge in [-0.25, -0.2) is 4.39 Å². The summed E-state index contributed by atoms with van der Waals surface area (Å²) in [5.41, 5.74) is 7.63. The summed E-state index contributed by atoms with van der Waals surface area (Å²) in [4.78, 5) is 21.9. The van der Waals surface area contributed by atoms with Crippen molar-refractivity contribution in [1.29, 1.82) is 5.26 Å². The molecule has 5 aliphatic rings. The number of hydrogen-bond donors (Lipinski definition) is 1. The second kappa shape index (κ2) is 8.07. The van der Waals surface area contributed by atoms with Gasteiger partial charge in [-0.1, -0.05) is 0 Å². The van der Waals surface area contributed by atoms with Crippen molar-refractivity contribution in [3.8, 4) is 12.1 Å². The predicted octanol–water partition coefficient (Wildman–Crippen LogP) is 2.90. The highest BCUT2D eigenvalue weighted by atomic mass is 32.2. The maximum Gasteiger partial charge on any atom is 0.323 e. The van der Waals surface area contributed by atoms with Crippen LogP contribution in [0.2, 0.25) is 0 Å². The molecule has 190 valence electrons. The maximum atomic E-state index is 14.2. The number of halogens is 1. The number of aromatic nitrogens is 3. The molecule has 0 aromatic carbocycles. The molecule has 1 saturated carbocycles. The zero-order valence-corrected chi connectivity index (χ0v) is 21.9. The van der Waals surface area contributed by atoms with Crippen LogP contribution < -0.4 is 20.3 Å². The van der Waals surface area contributed by atoms with E-state index in [-0.39, 0.29) is 10.3 Å². The second-order valence-corrected chi connectivity index (χ2v) is 13.3. The van der Waals surface area contributed by atoms with E-state index in [0.717, 1.165) is 43.5 Å². The molecule has 12 heteroatoms. The molecule has 0 radical (unpaired) electrons. The van der Waals surface area contributed by atoms with Crippen LogP contribution in [0.1, 0.15) is 48.1 Å². The Morgan fingerprint density at radius 3 is 2.92 bits per heavy atom. The molecule has 4 aliphatic heterocycles. The molecule has 1 aliphatic carbocycles. The molecule has 4 fully saturated rings. The lowest BCUT2D eigenvalue weighted by atomic mass is 9.88. The predicted molar refractivity (Wildman–Crippen MR) is 138 cm³/mol. The highest BCUT2D eigenvalue weighted by Crippen LogP contribution is 2.57. The number of nitrogens with zero attached hydrogens (tertiary/aromatic N) is 7. The molecule has 6 heterocycles. The van der Waals surface area contributed by atoms with Gasteiger partial charge in [0.25, 0.3) is 0 Å². The van der Waals surface area contributed by atoms with Gasteiger partial charge in [0.05, 0.1) is 15.8 Å². The number of alkyl halides is 1. The van der Waals surface area contributed by atoms with Crippen LogP contribution in [0.4, 0.5) is 21.3 Å². The van der Waals surface area contributed by atoms with Gasteiger partial charge >= 0.3 is 6.01 Å². The third kappa shape index (κ3) is 3.46. The first kappa shape index (κ1) is 22.8. The molecular weight excluding hydrogens is 499 g/mol. The number of thiophene rings is 1. The van der Waals surface area contributed by atoms with Crippen molar-refractivity contribution < 1.29 is 9.13 Å². The number of hydrogen-bond acceptors (Lipinski definition) is 11. The number of fused-ring (bicyclic) bond motifs is 3. The molecule has 3 saturated heterocycles. The van der Waals surface area contributed by atoms with E-state index in [1.165, 1.54) is 16.2 Å². The lowest BCUT2D eigenvalue weighted by Crippen LogP contribution is -2.57. The van der Waals surface area contributed by atoms with Crippen LogP contribution in [0, 0.1) is 11.3 Å². The van der Waals surface area contributed by atoms with Crippen LogP contribution >= 0.6 is 23.1 Å². The smallest absolute Gasteiger partial charge is 0.323 e. The monoisotopic (exact) mass is 528 g/mol. The average molecular weight is 529 g/mol. The third-order valence-electron chi connectivity index (χ3n) is 8.46. The van der Waals surface area contributed by atoms with Gasteiger partial charge in [0.15, 0.2) is 0 Å². The normalized spacial score (nSPS) is 28.1. The Balaban J connectivity index is 1.15. The summed E-state index contributed by atoms with van der Waals surface area (Å²) in [6.45, 7) is 3.25. The molecule has 2 atom stereocenters. The van der Waals surface area contributed by atoms with Gasteiger partial charge in [0, 0.05) is 55.3 Å². The van der Waals surface area contributed by atoms with Crippen molar-refractivity contribution in [2.24, 2.45) is 0 Å². The van der Waals surface area contributed by atoms with E-state index in [1.54, 1.807) is 0 Å². The Labute approximate surface area is 217 Å². The Morgan fingerprint density at radius 1 is 1.31 bits per heavy atom. The standard InChI is InChI=1S/C24H29FN8OS2/c1-31(15-3-4-15)20-28-21(30-22(29-20)34-13-23-5-2-6-33(23)9-14(25)7-23)32-11-24(12-32)18-16(8-26)19(27)36-17(18)10-35-24/h14-15H,2-7,9-13,27H2,1H3/t14-,23+/m1/s1. The highest BCUT2D eigenvalue weighted by Gasteiger charge is 2.53. The molecule has 0 bridgehead atoms. The Hall–Kier alpha value is -2.36. The van der Waals surface area contributed by atoms with E-state index in [0.29, 0.717) is 67.2 Å². The van der Waals surface area contributed by atoms with Gasteiger partial charge in [0.1, 0.15) is 23.8 Å². The molecular formula is C24H29FN8OS2. The lowest BCUT2D eigenvalue weighted by molar-refractivity contribution is 0.107. The molecule has 2 aromatic rings. The second-order valence-electron chi connectivity index (χ2n) is 10.8. The van der Waals surface area contributed by atoms with Crippen LogP contribution in [0.25, 0.3) is 0 Å². The van der Waals surface area contributed by atoms with E-state index in [4.69, 9.17) is 20.4 Å². The lowest BCUT2D eigenvalue weighted by Gasteiger charge is -2.47. The van der Waals surface area contributed by atoms with E-state index in [2.05, 4.69) is 25.8 Å². The van der Waals surface area contributed by atoms with E-state index < -0.39 is 6.17 Å². The number of anilines is 3. The summed E-state index contributed by atoms with van der Waals surface area (Å²) in [5.74, 6) is 2.10. The number of nitriles is 1. The SMILES string of the molecule is CN(c1nc(OC[C@@]23CCCN2C[C@H](F)C3)nc(N2CC3(C2)SCc2sc(N)c(C#N)c23)n1)C1CC1. The van der Waals surface area contributed by atoms with Crippen molar-refractivity contribution in [1.82, 2.24) is 19.9 Å². The van der Waals surface area contributed by atoms with E-state index in [9.17, 15) is 9.65 Å². The number of nitrogens with two attached hydrogens (primary N) is 1. The fourth-order valence-corrected chi connectivity index (χ4v) is 9.21. The number of thioether (sulfide) groups is 1. The Kier molecular flexibility index (Phi) is 5.11. The fourth-order valence-electron chi connectivity index (χ4n) is 6.40. The van der Waals surface area contributed by atoms with Gasteiger partial charge in [-0.15, -0.1) is 23.1 Å². The average Bonchev–Trinajstić information content (AvgIpc) is 3.27. The van der Waals surface area contributed by atoms with Crippen LogP contribution in [0.5, 0.6) is 6.01 Å². The first-order chi connectivity index (χ1) is 17.4. The zero-order valence-electron chi connectivity index (χ0n) is 20.2. The molecule has 0 amide bonds. The molecule has 7 rings (SSSR count). The zero-order chi connectivity index (χ0) is 24.7. The van der Waals surface area contributed by atoms with E-state index in [1.807, 2.05) is 18.8 Å². The van der Waals surface area contributed by atoms with Gasteiger partial charge in [-0.05, 0) is 32.2 Å². The van der Waals surface area contributed by atoms with Gasteiger partial charge in [-0.2, -0.15) is 20.2 Å². The van der Waals surface area contributed by atoms with Crippen LogP contribution in [0.3, 0.4) is 0 Å². The van der Waals surface area contributed by atoms with Crippen molar-refractivity contribution in [3.05, 3.63) is 16.0 Å². The fraction of sp³-hybridized carbons (Fsp3) is 0.667. The minimum absolute atomic E-state index is 0.145. The number of rotatable bonds is 6. The largest absolute Gasteiger partial charge is 0.461 e. The number of nitrogen functional groups attached to an aromatic ring is 1. The summed E-state index contributed by atoms with van der Waals surface area (Å²) in [7, 11) is 2.02. The van der Waals surface area contributed by atoms with Crippen LogP contribution in [-0.2, 0) is 10.5 Å². The van der Waals surface area contributed by atoms with Crippen LogP contribution in [0.15, 0.2) is 0 Å². The van der Waals surface area contributed by atoms with Crippen molar-refractivity contribution >= 4 is 40.0 Å². The van der Waals surface area contributed by atoms with E-state index >= 15 is 0 Å². The minimum atomic E-state index is -0.796. The topological polar surface area (TPSA) is 107 Å². The van der Waals surface area contributed by atoms with Gasteiger partial charge in [-0.3, -0.25) is 4.90 Å². The van der Waals surface area contributed by atoms with Crippen molar-refractivity contribution in [3.63, 3.8) is 0 Å². The first-order valence-corrected chi connectivity index (χ1v) is 14.4. The molecule has 0 unspecified atom stereocenters. The summed E-state index contributed by atoms with van der Waals surface area (Å²) >= 11 is 3.42. The molecule has 2 aromatic heterocycles. The Morgan fingerprint density at radius 2 is 2.14 bits per heavy atom. The summed E-state index contributed by atoms with van der Waals surface area (Å²) in [5, 5.41) is 10.3. The molecule has 1 spiro atoms. The van der Waals surface area contributed by atoms with Gasteiger partial charge in [0.2, 0.25) is 11.9 Å². The quantitative estimate of drug-likeness (QED) is 0.601. The van der Waals surface area contributed by atoms with Crippen molar-refractivity contribution in [2.75, 3.05) is 55.4 Å². The maximum absolute atomic E-state index is 14.2. The highest BCUT2D eigenvalue weighted by molar-refractivity contribution is 8.00. The first-order valence-electron chi connectivity index (χ1n) is 12.6. The summed E-state index contributed by atoms with van der Waals surface area (Å²) in [6.07, 6.45) is 3.99. The summed E-state index contributed by atoms with van der Waals surface area (Å²) < 4.78 is 20.3. The number of ether oxygens (including phenoxy) is 1. The summed E-state index contributed by atoms with van der Waals surface area (Å²) in [6, 6.07) is 3.08. The van der Waals surface area contributed by atoms with Crippen molar-refractivity contribution in [2.45, 2.75) is 60.4 Å². The van der Waals surface area contributed by atoms with Crippen LogP contribution in [-0.4, -0.2) is 77.4 Å². The molecule has 9 nitrogen and oxygen atoms in total.